The van der Waals surface area contributed by atoms with Gasteiger partial charge in [0.1, 0.15) is 5.15 Å². The Kier molecular flexibility index (Phi) is 2.84. The normalized spacial score (nSPS) is 22.2. The zero-order valence-electron chi connectivity index (χ0n) is 7.74. The van der Waals surface area contributed by atoms with Gasteiger partial charge < -0.3 is 10.5 Å². The Labute approximate surface area is 87.4 Å². The van der Waals surface area contributed by atoms with Gasteiger partial charge >= 0.3 is 0 Å². The van der Waals surface area contributed by atoms with Gasteiger partial charge in [-0.25, -0.2) is 9.97 Å². The second-order valence-electron chi connectivity index (χ2n) is 3.39. The van der Waals surface area contributed by atoms with Crippen LogP contribution in [0.1, 0.15) is 24.5 Å². The van der Waals surface area contributed by atoms with E-state index >= 15 is 0 Å². The topological polar surface area (TPSA) is 61.0 Å². The number of hydrogen-bond donors (Lipinski definition) is 1. The van der Waals surface area contributed by atoms with E-state index in [2.05, 4.69) is 9.97 Å². The van der Waals surface area contributed by atoms with E-state index in [-0.39, 0.29) is 5.95 Å². The Morgan fingerprint density at radius 2 is 2.36 bits per heavy atom. The van der Waals surface area contributed by atoms with Gasteiger partial charge in [0.2, 0.25) is 5.95 Å². The van der Waals surface area contributed by atoms with Crippen molar-refractivity contribution in [1.29, 1.82) is 0 Å². The van der Waals surface area contributed by atoms with Crippen molar-refractivity contribution in [3.63, 3.8) is 0 Å². The average molecular weight is 214 g/mol. The molecule has 0 aromatic carbocycles. The molecule has 1 aromatic heterocycles. The molecule has 2 heterocycles. The minimum atomic E-state index is 0.234. The quantitative estimate of drug-likeness (QED) is 0.720. The van der Waals surface area contributed by atoms with Crippen LogP contribution in [0.15, 0.2) is 6.07 Å². The summed E-state index contributed by atoms with van der Waals surface area (Å²) in [5.74, 6) is 0.546. The van der Waals surface area contributed by atoms with E-state index in [9.17, 15) is 0 Å². The van der Waals surface area contributed by atoms with Gasteiger partial charge in [0.05, 0.1) is 12.3 Å². The average Bonchev–Trinajstić information content (AvgIpc) is 2.18. The van der Waals surface area contributed by atoms with Gasteiger partial charge in [-0.1, -0.05) is 11.6 Å². The van der Waals surface area contributed by atoms with E-state index in [1.807, 2.05) is 0 Å². The largest absolute Gasteiger partial charge is 0.381 e. The minimum absolute atomic E-state index is 0.234. The highest BCUT2D eigenvalue weighted by Gasteiger charge is 2.18. The second-order valence-corrected chi connectivity index (χ2v) is 3.78. The molecule has 2 rings (SSSR count). The van der Waals surface area contributed by atoms with Crippen LogP contribution < -0.4 is 5.73 Å². The summed E-state index contributed by atoms with van der Waals surface area (Å²) in [5, 5.41) is 0.401. The van der Waals surface area contributed by atoms with Crippen LogP contribution in [-0.2, 0) is 4.74 Å². The minimum Gasteiger partial charge on any atom is -0.381 e. The van der Waals surface area contributed by atoms with Crippen LogP contribution in [-0.4, -0.2) is 23.2 Å². The van der Waals surface area contributed by atoms with Gasteiger partial charge in [-0.2, -0.15) is 0 Å². The van der Waals surface area contributed by atoms with Crippen LogP contribution in [0.3, 0.4) is 0 Å². The van der Waals surface area contributed by atoms with Crippen LogP contribution in [0.5, 0.6) is 0 Å². The molecule has 14 heavy (non-hydrogen) atoms. The number of rotatable bonds is 1. The third kappa shape index (κ3) is 2.13. The summed E-state index contributed by atoms with van der Waals surface area (Å²) < 4.78 is 5.37. The first kappa shape index (κ1) is 9.68. The third-order valence-corrected chi connectivity index (χ3v) is 2.50. The molecule has 0 bridgehead atoms. The van der Waals surface area contributed by atoms with E-state index in [0.29, 0.717) is 17.7 Å². The van der Waals surface area contributed by atoms with Crippen LogP contribution in [0.25, 0.3) is 0 Å². The fraction of sp³-hybridized carbons (Fsp3) is 0.556. The van der Waals surface area contributed by atoms with Gasteiger partial charge in [0.25, 0.3) is 0 Å². The molecule has 1 atom stereocenters. The Morgan fingerprint density at radius 3 is 3.00 bits per heavy atom. The number of nitrogens with two attached hydrogens (primary N) is 1. The highest BCUT2D eigenvalue weighted by atomic mass is 35.5. The first-order chi connectivity index (χ1) is 6.75. The summed E-state index contributed by atoms with van der Waals surface area (Å²) in [6.45, 7) is 1.54. The van der Waals surface area contributed by atoms with Crippen LogP contribution in [0.4, 0.5) is 5.95 Å². The summed E-state index contributed by atoms with van der Waals surface area (Å²) in [6, 6.07) is 1.76. The summed E-state index contributed by atoms with van der Waals surface area (Å²) in [4.78, 5) is 7.98. The van der Waals surface area contributed by atoms with Crippen molar-refractivity contribution in [2.75, 3.05) is 18.9 Å². The molecule has 1 aliphatic heterocycles. The Hall–Kier alpha value is -0.870. The van der Waals surface area contributed by atoms with Gasteiger partial charge in [-0.15, -0.1) is 0 Å². The Balaban J connectivity index is 2.21. The highest BCUT2D eigenvalue weighted by Crippen LogP contribution is 2.25. The predicted octanol–water partition coefficient (Wildman–Crippen LogP) is 1.61. The highest BCUT2D eigenvalue weighted by molar-refractivity contribution is 6.29. The molecule has 1 fully saturated rings. The number of ether oxygens (including phenoxy) is 1. The van der Waals surface area contributed by atoms with Gasteiger partial charge in [-0.05, 0) is 18.9 Å². The number of nitrogen functional groups attached to an aromatic ring is 1. The molecule has 0 amide bonds. The molecule has 0 radical (unpaired) electrons. The van der Waals surface area contributed by atoms with Crippen molar-refractivity contribution >= 4 is 17.5 Å². The van der Waals surface area contributed by atoms with Crippen LogP contribution in [0.2, 0.25) is 5.15 Å². The lowest BCUT2D eigenvalue weighted by atomic mass is 9.98. The molecule has 1 aromatic rings. The zero-order chi connectivity index (χ0) is 9.97. The molecule has 1 aliphatic rings. The van der Waals surface area contributed by atoms with Gasteiger partial charge in [-0.3, -0.25) is 0 Å². The summed E-state index contributed by atoms with van der Waals surface area (Å²) in [6.07, 6.45) is 2.14. The lowest BCUT2D eigenvalue weighted by molar-refractivity contribution is 0.0793. The SMILES string of the molecule is Nc1nc(Cl)cc(C2CCCOC2)n1. The Morgan fingerprint density at radius 1 is 1.50 bits per heavy atom. The first-order valence-corrected chi connectivity index (χ1v) is 5.01. The monoisotopic (exact) mass is 213 g/mol. The maximum absolute atomic E-state index is 5.80. The maximum atomic E-state index is 5.80. The van der Waals surface area contributed by atoms with Crippen LogP contribution >= 0.6 is 11.6 Å². The maximum Gasteiger partial charge on any atom is 0.221 e. The van der Waals surface area contributed by atoms with Crippen molar-refractivity contribution in [2.24, 2.45) is 0 Å². The van der Waals surface area contributed by atoms with Crippen molar-refractivity contribution in [3.05, 3.63) is 16.9 Å². The van der Waals surface area contributed by atoms with Crippen molar-refractivity contribution in [3.8, 4) is 0 Å². The second kappa shape index (κ2) is 4.11. The van der Waals surface area contributed by atoms with Crippen molar-refractivity contribution < 1.29 is 4.74 Å². The lowest BCUT2D eigenvalue weighted by Gasteiger charge is -2.21. The molecule has 4 nitrogen and oxygen atoms in total. The molecular weight excluding hydrogens is 202 g/mol. The lowest BCUT2D eigenvalue weighted by Crippen LogP contribution is -2.17. The number of hydrogen-bond acceptors (Lipinski definition) is 4. The van der Waals surface area contributed by atoms with Crippen molar-refractivity contribution in [2.45, 2.75) is 18.8 Å². The molecule has 0 aliphatic carbocycles. The molecule has 2 N–H and O–H groups in total. The summed E-state index contributed by atoms with van der Waals surface area (Å²) in [7, 11) is 0. The number of anilines is 1. The Bertz CT molecular complexity index is 306. The van der Waals surface area contributed by atoms with E-state index in [1.165, 1.54) is 0 Å². The van der Waals surface area contributed by atoms with Crippen LogP contribution in [0, 0.1) is 0 Å². The number of aromatic nitrogens is 2. The van der Waals surface area contributed by atoms with E-state index < -0.39 is 0 Å². The molecule has 1 saturated heterocycles. The fourth-order valence-electron chi connectivity index (χ4n) is 1.64. The molecular formula is C9H12ClN3O. The molecule has 0 spiro atoms. The smallest absolute Gasteiger partial charge is 0.221 e. The predicted molar refractivity (Wildman–Crippen MR) is 54.2 cm³/mol. The third-order valence-electron chi connectivity index (χ3n) is 2.31. The summed E-state index contributed by atoms with van der Waals surface area (Å²) in [5.41, 5.74) is 6.41. The first-order valence-electron chi connectivity index (χ1n) is 4.63. The summed E-state index contributed by atoms with van der Waals surface area (Å²) >= 11 is 5.80. The van der Waals surface area contributed by atoms with Gasteiger partial charge in [0.15, 0.2) is 0 Å². The fourth-order valence-corrected chi connectivity index (χ4v) is 1.83. The molecule has 0 saturated carbocycles. The van der Waals surface area contributed by atoms with Crippen molar-refractivity contribution in [1.82, 2.24) is 9.97 Å². The standard InChI is InChI=1S/C9H12ClN3O/c10-8-4-7(12-9(11)13-8)6-2-1-3-14-5-6/h4,6H,1-3,5H2,(H2,11,12,13). The zero-order valence-corrected chi connectivity index (χ0v) is 8.50. The molecule has 76 valence electrons. The van der Waals surface area contributed by atoms with E-state index in [1.54, 1.807) is 6.07 Å². The van der Waals surface area contributed by atoms with E-state index in [4.69, 9.17) is 22.1 Å². The van der Waals surface area contributed by atoms with E-state index in [0.717, 1.165) is 25.1 Å². The molecule has 5 heteroatoms. The molecule has 1 unspecified atom stereocenters. The number of halogens is 1. The van der Waals surface area contributed by atoms with Gasteiger partial charge in [0, 0.05) is 12.5 Å². The number of nitrogens with zero attached hydrogens (tertiary/aromatic N) is 2.